The molecule has 1 heterocycles. The molecule has 0 N–H and O–H groups in total. The van der Waals surface area contributed by atoms with Crippen LogP contribution >= 0.6 is 0 Å². The van der Waals surface area contributed by atoms with E-state index in [4.69, 9.17) is 4.74 Å². The first-order chi connectivity index (χ1) is 8.28. The molecule has 3 nitrogen and oxygen atoms in total. The molecular weight excluding hydrogens is 214 g/mol. The number of hydrogen-bond acceptors (Lipinski definition) is 3. The number of pyridine rings is 1. The fourth-order valence-electron chi connectivity index (χ4n) is 1.44. The summed E-state index contributed by atoms with van der Waals surface area (Å²) in [5, 5.41) is 0. The van der Waals surface area contributed by atoms with Crippen molar-refractivity contribution >= 4 is 6.29 Å². The molecule has 1 aromatic heterocycles. The predicted molar refractivity (Wildman–Crippen MR) is 65.1 cm³/mol. The molecule has 0 radical (unpaired) electrons. The molecule has 0 saturated carbocycles. The van der Waals surface area contributed by atoms with Gasteiger partial charge in [-0.2, -0.15) is 0 Å². The highest BCUT2D eigenvalue weighted by Gasteiger charge is 1.98. The van der Waals surface area contributed by atoms with Gasteiger partial charge in [0, 0.05) is 0 Å². The van der Waals surface area contributed by atoms with E-state index in [9.17, 15) is 4.79 Å². The van der Waals surface area contributed by atoms with Crippen LogP contribution in [0.3, 0.4) is 0 Å². The average Bonchev–Trinajstić information content (AvgIpc) is 2.38. The van der Waals surface area contributed by atoms with Crippen molar-refractivity contribution in [3.8, 4) is 5.75 Å². The molecule has 2 aromatic rings. The maximum absolute atomic E-state index is 10.6. The van der Waals surface area contributed by atoms with Crippen molar-refractivity contribution in [3.63, 3.8) is 0 Å². The van der Waals surface area contributed by atoms with Gasteiger partial charge in [0.05, 0.1) is 5.69 Å². The van der Waals surface area contributed by atoms with Crippen LogP contribution in [0.4, 0.5) is 0 Å². The minimum atomic E-state index is 0.366. The maximum Gasteiger partial charge on any atom is 0.168 e. The molecule has 0 fully saturated rings. The van der Waals surface area contributed by atoms with Gasteiger partial charge in [0.15, 0.2) is 6.29 Å². The van der Waals surface area contributed by atoms with Crippen LogP contribution in [0.15, 0.2) is 42.5 Å². The number of rotatable bonds is 4. The van der Waals surface area contributed by atoms with Gasteiger partial charge in [-0.25, -0.2) is 4.98 Å². The van der Waals surface area contributed by atoms with Gasteiger partial charge in [0.25, 0.3) is 0 Å². The number of ether oxygens (including phenoxy) is 1. The van der Waals surface area contributed by atoms with E-state index >= 15 is 0 Å². The number of aryl methyl sites for hydroxylation is 1. The Bertz CT molecular complexity index is 506. The summed E-state index contributed by atoms with van der Waals surface area (Å²) < 4.78 is 5.57. The Labute approximate surface area is 100 Å². The first-order valence-electron chi connectivity index (χ1n) is 5.38. The van der Waals surface area contributed by atoms with E-state index < -0.39 is 0 Å². The van der Waals surface area contributed by atoms with Gasteiger partial charge in [0.2, 0.25) is 0 Å². The average molecular weight is 227 g/mol. The topological polar surface area (TPSA) is 39.2 Å². The van der Waals surface area contributed by atoms with Crippen LogP contribution in [0.1, 0.15) is 21.7 Å². The smallest absolute Gasteiger partial charge is 0.168 e. The van der Waals surface area contributed by atoms with E-state index in [1.807, 2.05) is 37.3 Å². The third-order valence-corrected chi connectivity index (χ3v) is 2.36. The number of nitrogens with zero attached hydrogens (tertiary/aromatic N) is 1. The van der Waals surface area contributed by atoms with E-state index in [0.29, 0.717) is 12.3 Å². The summed E-state index contributed by atoms with van der Waals surface area (Å²) in [4.78, 5) is 14.7. The monoisotopic (exact) mass is 227 g/mol. The molecule has 0 aliphatic heterocycles. The molecule has 3 heteroatoms. The van der Waals surface area contributed by atoms with Gasteiger partial charge in [-0.1, -0.05) is 23.8 Å². The van der Waals surface area contributed by atoms with E-state index in [1.165, 1.54) is 5.56 Å². The quantitative estimate of drug-likeness (QED) is 0.754. The van der Waals surface area contributed by atoms with Gasteiger partial charge in [-0.05, 0) is 31.2 Å². The van der Waals surface area contributed by atoms with Crippen LogP contribution in [0, 0.1) is 6.92 Å². The van der Waals surface area contributed by atoms with E-state index in [1.54, 1.807) is 12.1 Å². The van der Waals surface area contributed by atoms with Crippen molar-refractivity contribution in [3.05, 3.63) is 59.4 Å². The summed E-state index contributed by atoms with van der Waals surface area (Å²) in [5.41, 5.74) is 2.36. The van der Waals surface area contributed by atoms with E-state index in [-0.39, 0.29) is 0 Å². The van der Waals surface area contributed by atoms with Gasteiger partial charge < -0.3 is 4.74 Å². The van der Waals surface area contributed by atoms with Crippen LogP contribution in [-0.2, 0) is 6.61 Å². The van der Waals surface area contributed by atoms with Crippen LogP contribution in [-0.4, -0.2) is 11.3 Å². The fraction of sp³-hybridized carbons (Fsp3) is 0.143. The Hall–Kier alpha value is -2.16. The van der Waals surface area contributed by atoms with Gasteiger partial charge in [0.1, 0.15) is 18.1 Å². The van der Waals surface area contributed by atoms with Crippen molar-refractivity contribution in [2.24, 2.45) is 0 Å². The SMILES string of the molecule is Cc1ccc(OCc2cccc(C=O)n2)cc1. The molecule has 0 aliphatic carbocycles. The lowest BCUT2D eigenvalue weighted by Crippen LogP contribution is -2.00. The van der Waals surface area contributed by atoms with Gasteiger partial charge in [-0.3, -0.25) is 4.79 Å². The Morgan fingerprint density at radius 2 is 1.94 bits per heavy atom. The summed E-state index contributed by atoms with van der Waals surface area (Å²) >= 11 is 0. The zero-order chi connectivity index (χ0) is 12.1. The first kappa shape index (κ1) is 11.3. The molecule has 0 amide bonds. The van der Waals surface area contributed by atoms with Crippen LogP contribution in [0.2, 0.25) is 0 Å². The molecule has 17 heavy (non-hydrogen) atoms. The minimum Gasteiger partial charge on any atom is -0.487 e. The normalized spacial score (nSPS) is 9.94. The standard InChI is InChI=1S/C14H13NO2/c1-11-5-7-14(8-6-11)17-10-13-4-2-3-12(9-16)15-13/h2-9H,10H2,1H3. The highest BCUT2D eigenvalue weighted by molar-refractivity contribution is 5.71. The molecule has 1 aromatic carbocycles. The molecule has 0 spiro atoms. The largest absolute Gasteiger partial charge is 0.487 e. The number of aromatic nitrogens is 1. The summed E-state index contributed by atoms with van der Waals surface area (Å²) in [6.07, 6.45) is 0.732. The molecule has 0 aliphatic rings. The number of hydrogen-bond donors (Lipinski definition) is 0. The van der Waals surface area contributed by atoms with Crippen molar-refractivity contribution < 1.29 is 9.53 Å². The Balaban J connectivity index is 2.01. The number of carbonyl (C=O) groups is 1. The summed E-state index contributed by atoms with van der Waals surface area (Å²) in [7, 11) is 0. The second-order valence-electron chi connectivity index (χ2n) is 3.77. The number of aldehydes is 1. The van der Waals surface area contributed by atoms with Crippen molar-refractivity contribution in [1.29, 1.82) is 0 Å². The van der Waals surface area contributed by atoms with Crippen molar-refractivity contribution in [2.45, 2.75) is 13.5 Å². The van der Waals surface area contributed by atoms with Gasteiger partial charge >= 0.3 is 0 Å². The molecule has 0 bridgehead atoms. The fourth-order valence-corrected chi connectivity index (χ4v) is 1.44. The zero-order valence-corrected chi connectivity index (χ0v) is 9.59. The summed E-state index contributed by atoms with van der Waals surface area (Å²) in [6, 6.07) is 13.1. The van der Waals surface area contributed by atoms with Crippen LogP contribution in [0.5, 0.6) is 5.75 Å². The highest BCUT2D eigenvalue weighted by Crippen LogP contribution is 2.13. The Kier molecular flexibility index (Phi) is 3.50. The van der Waals surface area contributed by atoms with Gasteiger partial charge in [-0.15, -0.1) is 0 Å². The minimum absolute atomic E-state index is 0.366. The lowest BCUT2D eigenvalue weighted by molar-refractivity contribution is 0.111. The Morgan fingerprint density at radius 1 is 1.18 bits per heavy atom. The lowest BCUT2D eigenvalue weighted by Gasteiger charge is -2.06. The highest BCUT2D eigenvalue weighted by atomic mass is 16.5. The molecule has 86 valence electrons. The third kappa shape index (κ3) is 3.14. The molecule has 0 atom stereocenters. The first-order valence-corrected chi connectivity index (χ1v) is 5.38. The van der Waals surface area contributed by atoms with Crippen LogP contribution < -0.4 is 4.74 Å². The molecule has 0 unspecified atom stereocenters. The third-order valence-electron chi connectivity index (χ3n) is 2.36. The predicted octanol–water partition coefficient (Wildman–Crippen LogP) is 2.78. The summed E-state index contributed by atoms with van der Waals surface area (Å²) in [5.74, 6) is 0.800. The van der Waals surface area contributed by atoms with Crippen LogP contribution in [0.25, 0.3) is 0 Å². The van der Waals surface area contributed by atoms with Crippen molar-refractivity contribution in [1.82, 2.24) is 4.98 Å². The number of benzene rings is 1. The summed E-state index contributed by atoms with van der Waals surface area (Å²) in [6.45, 7) is 2.39. The second kappa shape index (κ2) is 5.25. The second-order valence-corrected chi connectivity index (χ2v) is 3.77. The van der Waals surface area contributed by atoms with E-state index in [0.717, 1.165) is 17.7 Å². The molecular formula is C14H13NO2. The molecule has 2 rings (SSSR count). The molecule has 0 saturated heterocycles. The number of carbonyl (C=O) groups excluding carboxylic acids is 1. The van der Waals surface area contributed by atoms with Crippen molar-refractivity contribution in [2.75, 3.05) is 0 Å². The Morgan fingerprint density at radius 3 is 2.65 bits per heavy atom. The lowest BCUT2D eigenvalue weighted by atomic mass is 10.2. The van der Waals surface area contributed by atoms with E-state index in [2.05, 4.69) is 4.98 Å². The zero-order valence-electron chi connectivity index (χ0n) is 9.59. The maximum atomic E-state index is 10.6.